The zero-order valence-corrected chi connectivity index (χ0v) is 16.3. The summed E-state index contributed by atoms with van der Waals surface area (Å²) in [6.07, 6.45) is 0. The first-order valence-corrected chi connectivity index (χ1v) is 8.61. The van der Waals surface area contributed by atoms with Gasteiger partial charge in [-0.25, -0.2) is 0 Å². The lowest BCUT2D eigenvalue weighted by Crippen LogP contribution is -2.44. The number of rotatable bonds is 5. The number of benzene rings is 1. The van der Waals surface area contributed by atoms with Gasteiger partial charge in [0.25, 0.3) is 0 Å². The monoisotopic (exact) mass is 372 g/mol. The zero-order chi connectivity index (χ0) is 18.3. The van der Waals surface area contributed by atoms with Crippen molar-refractivity contribution in [3.63, 3.8) is 0 Å². The normalized spacial score (nSPS) is 13.4. The molecule has 0 spiro atoms. The molecule has 1 rings (SSSR count). The van der Waals surface area contributed by atoms with E-state index in [0.717, 1.165) is 5.56 Å². The highest BCUT2D eigenvalue weighted by Crippen LogP contribution is 2.25. The van der Waals surface area contributed by atoms with E-state index in [1.807, 2.05) is 39.8 Å². The summed E-state index contributed by atoms with van der Waals surface area (Å²) in [7, 11) is 1.70. The van der Waals surface area contributed by atoms with Crippen LogP contribution in [0, 0.1) is 5.41 Å². The minimum Gasteiger partial charge on any atom is -0.355 e. The van der Waals surface area contributed by atoms with Gasteiger partial charge in [0.1, 0.15) is 0 Å². The molecular weight excluding hydrogens is 347 g/mol. The number of amides is 1. The number of guanidine groups is 1. The van der Waals surface area contributed by atoms with Crippen molar-refractivity contribution < 1.29 is 4.79 Å². The summed E-state index contributed by atoms with van der Waals surface area (Å²) in [5.41, 5.74) is 0.621. The fourth-order valence-electron chi connectivity index (χ4n) is 1.89. The number of nitrogens with one attached hydrogen (secondary N) is 3. The summed E-state index contributed by atoms with van der Waals surface area (Å²) in [6.45, 7) is 8.76. The van der Waals surface area contributed by atoms with Crippen LogP contribution in [0.15, 0.2) is 23.2 Å². The van der Waals surface area contributed by atoms with Gasteiger partial charge in [0.05, 0.1) is 16.1 Å². The van der Waals surface area contributed by atoms with Crippen molar-refractivity contribution in [2.24, 2.45) is 10.4 Å². The predicted molar refractivity (Wildman–Crippen MR) is 102 cm³/mol. The summed E-state index contributed by atoms with van der Waals surface area (Å²) in [5.74, 6) is 0.676. The molecule has 1 aromatic carbocycles. The smallest absolute Gasteiger partial charge is 0.225 e. The number of nitrogens with zero attached hydrogens (tertiary/aromatic N) is 1. The van der Waals surface area contributed by atoms with Crippen molar-refractivity contribution >= 4 is 35.1 Å². The van der Waals surface area contributed by atoms with Crippen molar-refractivity contribution in [1.29, 1.82) is 0 Å². The van der Waals surface area contributed by atoms with Gasteiger partial charge in [-0.1, -0.05) is 50.0 Å². The quantitative estimate of drug-likeness (QED) is 0.421. The molecule has 1 unspecified atom stereocenters. The third-order valence-electron chi connectivity index (χ3n) is 3.40. The molecule has 0 heterocycles. The van der Waals surface area contributed by atoms with Crippen molar-refractivity contribution in [2.45, 2.75) is 33.7 Å². The van der Waals surface area contributed by atoms with Crippen molar-refractivity contribution in [3.05, 3.63) is 33.8 Å². The van der Waals surface area contributed by atoms with E-state index in [0.29, 0.717) is 29.1 Å². The van der Waals surface area contributed by atoms with Gasteiger partial charge in [-0.3, -0.25) is 9.79 Å². The molecular formula is C17H26Cl2N4O. The van der Waals surface area contributed by atoms with Crippen LogP contribution in [0.5, 0.6) is 0 Å². The molecule has 24 heavy (non-hydrogen) atoms. The Morgan fingerprint density at radius 2 is 1.79 bits per heavy atom. The molecule has 0 bridgehead atoms. The molecule has 3 N–H and O–H groups in total. The number of halogens is 2. The molecule has 0 fully saturated rings. The van der Waals surface area contributed by atoms with Crippen LogP contribution in [0.2, 0.25) is 10.0 Å². The van der Waals surface area contributed by atoms with Gasteiger partial charge in [-0.2, -0.15) is 0 Å². The van der Waals surface area contributed by atoms with Gasteiger partial charge in [-0.05, 0) is 24.6 Å². The van der Waals surface area contributed by atoms with E-state index in [-0.39, 0.29) is 17.4 Å². The average molecular weight is 373 g/mol. The Labute approximate surface area is 154 Å². The SMILES string of the molecule is CN=C(NCCNC(=O)C(C)(C)C)NC(C)c1ccc(Cl)c(Cl)c1. The first-order chi connectivity index (χ1) is 11.1. The molecule has 1 amide bonds. The van der Waals surface area contributed by atoms with Crippen LogP contribution in [0.1, 0.15) is 39.3 Å². The van der Waals surface area contributed by atoms with Crippen LogP contribution in [0.25, 0.3) is 0 Å². The van der Waals surface area contributed by atoms with Gasteiger partial charge >= 0.3 is 0 Å². The second-order valence-corrected chi connectivity index (χ2v) is 7.36. The molecule has 0 aliphatic rings. The number of hydrogen-bond donors (Lipinski definition) is 3. The van der Waals surface area contributed by atoms with Gasteiger partial charge in [0, 0.05) is 25.6 Å². The van der Waals surface area contributed by atoms with Gasteiger partial charge < -0.3 is 16.0 Å². The van der Waals surface area contributed by atoms with Crippen LogP contribution < -0.4 is 16.0 Å². The number of aliphatic imine (C=N–C) groups is 1. The molecule has 0 aliphatic heterocycles. The number of carbonyl (C=O) groups excluding carboxylic acids is 1. The summed E-state index contributed by atoms with van der Waals surface area (Å²) >= 11 is 12.0. The maximum atomic E-state index is 11.8. The second-order valence-electron chi connectivity index (χ2n) is 6.54. The molecule has 1 atom stereocenters. The lowest BCUT2D eigenvalue weighted by molar-refractivity contribution is -0.128. The Morgan fingerprint density at radius 3 is 2.33 bits per heavy atom. The van der Waals surface area contributed by atoms with Crippen LogP contribution >= 0.6 is 23.2 Å². The van der Waals surface area contributed by atoms with Crippen LogP contribution in [-0.4, -0.2) is 32.0 Å². The molecule has 5 nitrogen and oxygen atoms in total. The molecule has 0 saturated heterocycles. The van der Waals surface area contributed by atoms with Gasteiger partial charge in [0.2, 0.25) is 5.91 Å². The maximum Gasteiger partial charge on any atom is 0.225 e. The van der Waals surface area contributed by atoms with E-state index in [9.17, 15) is 4.79 Å². The Kier molecular flexibility index (Phi) is 7.84. The molecule has 134 valence electrons. The topological polar surface area (TPSA) is 65.5 Å². The lowest BCUT2D eigenvalue weighted by atomic mass is 9.96. The van der Waals surface area contributed by atoms with Crippen molar-refractivity contribution in [1.82, 2.24) is 16.0 Å². The van der Waals surface area contributed by atoms with E-state index < -0.39 is 0 Å². The molecule has 1 aromatic rings. The van der Waals surface area contributed by atoms with Crippen molar-refractivity contribution in [2.75, 3.05) is 20.1 Å². The van der Waals surface area contributed by atoms with E-state index >= 15 is 0 Å². The molecule has 0 aliphatic carbocycles. The Morgan fingerprint density at radius 1 is 1.17 bits per heavy atom. The van der Waals surface area contributed by atoms with Gasteiger partial charge in [-0.15, -0.1) is 0 Å². The zero-order valence-electron chi connectivity index (χ0n) is 14.8. The van der Waals surface area contributed by atoms with Gasteiger partial charge in [0.15, 0.2) is 5.96 Å². The average Bonchev–Trinajstić information content (AvgIpc) is 2.51. The highest BCUT2D eigenvalue weighted by Gasteiger charge is 2.20. The molecule has 0 saturated carbocycles. The lowest BCUT2D eigenvalue weighted by Gasteiger charge is -2.20. The first kappa shape index (κ1) is 20.6. The second kappa shape index (κ2) is 9.14. The first-order valence-electron chi connectivity index (χ1n) is 7.85. The molecule has 0 radical (unpaired) electrons. The summed E-state index contributed by atoms with van der Waals surface area (Å²) < 4.78 is 0. The minimum absolute atomic E-state index is 0.00938. The Bertz CT molecular complexity index is 597. The standard InChI is InChI=1S/C17H26Cl2N4O/c1-11(12-6-7-13(18)14(19)10-12)23-16(20-5)22-9-8-21-15(24)17(2,3)4/h6-7,10-11H,8-9H2,1-5H3,(H,21,24)(H2,20,22,23). The van der Waals surface area contributed by atoms with E-state index in [4.69, 9.17) is 23.2 Å². The highest BCUT2D eigenvalue weighted by molar-refractivity contribution is 6.42. The minimum atomic E-state index is -0.387. The van der Waals surface area contributed by atoms with Crippen LogP contribution in [0.4, 0.5) is 0 Å². The highest BCUT2D eigenvalue weighted by atomic mass is 35.5. The molecule has 0 aromatic heterocycles. The molecule has 7 heteroatoms. The van der Waals surface area contributed by atoms with E-state index in [1.165, 1.54) is 0 Å². The van der Waals surface area contributed by atoms with Crippen molar-refractivity contribution in [3.8, 4) is 0 Å². The fraction of sp³-hybridized carbons (Fsp3) is 0.529. The van der Waals surface area contributed by atoms with E-state index in [2.05, 4.69) is 20.9 Å². The third kappa shape index (κ3) is 6.57. The summed E-state index contributed by atoms with van der Waals surface area (Å²) in [6, 6.07) is 5.53. The number of carbonyl (C=O) groups is 1. The largest absolute Gasteiger partial charge is 0.355 e. The fourth-order valence-corrected chi connectivity index (χ4v) is 2.19. The predicted octanol–water partition coefficient (Wildman–Crippen LogP) is 3.38. The maximum absolute atomic E-state index is 11.8. The van der Waals surface area contributed by atoms with E-state index in [1.54, 1.807) is 13.1 Å². The Balaban J connectivity index is 2.47. The number of hydrogen-bond acceptors (Lipinski definition) is 2. The summed E-state index contributed by atoms with van der Waals surface area (Å²) in [4.78, 5) is 16.0. The summed E-state index contributed by atoms with van der Waals surface area (Å²) in [5, 5.41) is 10.4. The van der Waals surface area contributed by atoms with Crippen LogP contribution in [0.3, 0.4) is 0 Å². The Hall–Kier alpha value is -1.46. The third-order valence-corrected chi connectivity index (χ3v) is 4.14. The van der Waals surface area contributed by atoms with Crippen LogP contribution in [-0.2, 0) is 4.79 Å².